The van der Waals surface area contributed by atoms with Crippen LogP contribution in [0.1, 0.15) is 56.0 Å². The summed E-state index contributed by atoms with van der Waals surface area (Å²) < 4.78 is 10.7. The maximum Gasteiger partial charge on any atom is 0.338 e. The number of hydrogen-bond acceptors (Lipinski definition) is 3. The smallest absolute Gasteiger partial charge is 0.338 e. The molecule has 0 bridgehead atoms. The number of ether oxygens (including phenoxy) is 2. The van der Waals surface area contributed by atoms with Crippen molar-refractivity contribution in [3.8, 4) is 0 Å². The third-order valence-corrected chi connectivity index (χ3v) is 3.23. The number of rotatable bonds is 10. The van der Waals surface area contributed by atoms with Gasteiger partial charge in [0.2, 0.25) is 0 Å². The van der Waals surface area contributed by atoms with E-state index in [2.05, 4.69) is 20.8 Å². The summed E-state index contributed by atoms with van der Waals surface area (Å²) in [6.45, 7) is 8.06. The molecule has 0 saturated heterocycles. The van der Waals surface area contributed by atoms with Crippen molar-refractivity contribution in [2.75, 3.05) is 19.8 Å². The van der Waals surface area contributed by atoms with Crippen LogP contribution in [0.15, 0.2) is 24.3 Å². The third kappa shape index (κ3) is 7.86. The molecule has 1 rings (SSSR count). The second-order valence-electron chi connectivity index (χ2n) is 5.73. The van der Waals surface area contributed by atoms with E-state index in [-0.39, 0.29) is 5.97 Å². The molecule has 0 aromatic heterocycles. The Morgan fingerprint density at radius 1 is 1.19 bits per heavy atom. The Hall–Kier alpha value is -1.35. The number of carbonyl (C=O) groups excluding carboxylic acids is 1. The molecule has 0 fully saturated rings. The van der Waals surface area contributed by atoms with Gasteiger partial charge in [-0.05, 0) is 42.9 Å². The van der Waals surface area contributed by atoms with Crippen LogP contribution >= 0.6 is 0 Å². The molecule has 0 amide bonds. The molecule has 0 aliphatic rings. The van der Waals surface area contributed by atoms with Gasteiger partial charge in [0.05, 0.1) is 12.2 Å². The summed E-state index contributed by atoms with van der Waals surface area (Å²) >= 11 is 0. The maximum atomic E-state index is 11.9. The lowest BCUT2D eigenvalue weighted by atomic mass is 10.1. The first-order valence-corrected chi connectivity index (χ1v) is 7.97. The van der Waals surface area contributed by atoms with E-state index in [0.29, 0.717) is 24.7 Å². The summed E-state index contributed by atoms with van der Waals surface area (Å²) in [6, 6.07) is 7.66. The van der Waals surface area contributed by atoms with E-state index < -0.39 is 0 Å². The molecule has 0 aliphatic carbocycles. The summed E-state index contributed by atoms with van der Waals surface area (Å²) in [7, 11) is 0. The fourth-order valence-electron chi connectivity index (χ4n) is 2.11. The van der Waals surface area contributed by atoms with Crippen LogP contribution < -0.4 is 0 Å². The van der Waals surface area contributed by atoms with Gasteiger partial charge in [-0.25, -0.2) is 4.79 Å². The molecule has 0 heterocycles. The minimum Gasteiger partial charge on any atom is -0.460 e. The van der Waals surface area contributed by atoms with Crippen LogP contribution in [-0.2, 0) is 15.9 Å². The third-order valence-electron chi connectivity index (χ3n) is 3.23. The van der Waals surface area contributed by atoms with Crippen LogP contribution in [0.25, 0.3) is 0 Å². The predicted octanol–water partition coefficient (Wildman–Crippen LogP) is 4.25. The molecule has 3 heteroatoms. The lowest BCUT2D eigenvalue weighted by molar-refractivity contribution is 0.0310. The van der Waals surface area contributed by atoms with Crippen LogP contribution in [-0.4, -0.2) is 25.8 Å². The van der Waals surface area contributed by atoms with Crippen molar-refractivity contribution in [3.05, 3.63) is 35.4 Å². The van der Waals surface area contributed by atoms with Gasteiger partial charge in [0.15, 0.2) is 0 Å². The molecule has 0 radical (unpaired) electrons. The van der Waals surface area contributed by atoms with Crippen LogP contribution in [0.5, 0.6) is 0 Å². The van der Waals surface area contributed by atoms with Crippen LogP contribution in [0.2, 0.25) is 0 Å². The fourth-order valence-corrected chi connectivity index (χ4v) is 2.11. The van der Waals surface area contributed by atoms with Gasteiger partial charge in [-0.2, -0.15) is 0 Å². The Labute approximate surface area is 128 Å². The highest BCUT2D eigenvalue weighted by Crippen LogP contribution is 2.09. The minimum absolute atomic E-state index is 0.265. The standard InChI is InChI=1S/C18H28O3/c1-4-7-16-9-5-10-17(14-16)18(19)21-13-12-20-11-6-8-15(2)3/h5,9-10,14-15H,4,6-8,11-13H2,1-3H3. The summed E-state index contributed by atoms with van der Waals surface area (Å²) in [5.74, 6) is 0.445. The molecule has 0 unspecified atom stereocenters. The average molecular weight is 292 g/mol. The summed E-state index contributed by atoms with van der Waals surface area (Å²) in [5.41, 5.74) is 1.80. The van der Waals surface area contributed by atoms with E-state index in [1.807, 2.05) is 18.2 Å². The number of esters is 1. The molecule has 0 spiro atoms. The van der Waals surface area contributed by atoms with Gasteiger partial charge in [-0.1, -0.05) is 39.3 Å². The van der Waals surface area contributed by atoms with Gasteiger partial charge in [0.25, 0.3) is 0 Å². The highest BCUT2D eigenvalue weighted by Gasteiger charge is 2.07. The number of hydrogen-bond donors (Lipinski definition) is 0. The van der Waals surface area contributed by atoms with Gasteiger partial charge in [-0.3, -0.25) is 0 Å². The predicted molar refractivity (Wildman–Crippen MR) is 85.6 cm³/mol. The van der Waals surface area contributed by atoms with Crippen molar-refractivity contribution in [1.29, 1.82) is 0 Å². The van der Waals surface area contributed by atoms with Gasteiger partial charge in [-0.15, -0.1) is 0 Å². The van der Waals surface area contributed by atoms with Gasteiger partial charge < -0.3 is 9.47 Å². The number of benzene rings is 1. The first kappa shape index (κ1) is 17.7. The van der Waals surface area contributed by atoms with E-state index in [1.165, 1.54) is 12.0 Å². The zero-order valence-electron chi connectivity index (χ0n) is 13.6. The Bertz CT molecular complexity index is 413. The quantitative estimate of drug-likeness (QED) is 0.478. The molecule has 118 valence electrons. The highest BCUT2D eigenvalue weighted by molar-refractivity contribution is 5.89. The molecule has 0 saturated carbocycles. The average Bonchev–Trinajstić information content (AvgIpc) is 2.46. The van der Waals surface area contributed by atoms with Gasteiger partial charge in [0, 0.05) is 6.61 Å². The van der Waals surface area contributed by atoms with E-state index in [0.717, 1.165) is 25.9 Å². The topological polar surface area (TPSA) is 35.5 Å². The largest absolute Gasteiger partial charge is 0.460 e. The van der Waals surface area contributed by atoms with Crippen molar-refractivity contribution in [3.63, 3.8) is 0 Å². The van der Waals surface area contributed by atoms with Crippen LogP contribution in [0.3, 0.4) is 0 Å². The van der Waals surface area contributed by atoms with E-state index in [4.69, 9.17) is 9.47 Å². The van der Waals surface area contributed by atoms with Crippen molar-refractivity contribution < 1.29 is 14.3 Å². The second kappa shape index (κ2) is 10.4. The first-order chi connectivity index (χ1) is 10.1. The number of carbonyl (C=O) groups is 1. The van der Waals surface area contributed by atoms with Crippen LogP contribution in [0, 0.1) is 5.92 Å². The Kier molecular flexibility index (Phi) is 8.76. The molecular weight excluding hydrogens is 264 g/mol. The second-order valence-corrected chi connectivity index (χ2v) is 5.73. The van der Waals surface area contributed by atoms with Gasteiger partial charge >= 0.3 is 5.97 Å². The maximum absolute atomic E-state index is 11.9. The Morgan fingerprint density at radius 3 is 2.71 bits per heavy atom. The molecule has 1 aromatic rings. The van der Waals surface area contributed by atoms with Crippen molar-refractivity contribution >= 4 is 5.97 Å². The minimum atomic E-state index is -0.265. The molecule has 0 aliphatic heterocycles. The lowest BCUT2D eigenvalue weighted by Gasteiger charge is -2.08. The monoisotopic (exact) mass is 292 g/mol. The first-order valence-electron chi connectivity index (χ1n) is 7.97. The van der Waals surface area contributed by atoms with Crippen molar-refractivity contribution in [2.45, 2.75) is 46.5 Å². The molecule has 0 atom stereocenters. The molecule has 3 nitrogen and oxygen atoms in total. The van der Waals surface area contributed by atoms with E-state index in [9.17, 15) is 4.79 Å². The number of aryl methyl sites for hydroxylation is 1. The molecule has 0 N–H and O–H groups in total. The molecular formula is C18H28O3. The van der Waals surface area contributed by atoms with Crippen molar-refractivity contribution in [1.82, 2.24) is 0 Å². The summed E-state index contributed by atoms with van der Waals surface area (Å²) in [4.78, 5) is 11.9. The SMILES string of the molecule is CCCc1cccc(C(=O)OCCOCCCC(C)C)c1. The summed E-state index contributed by atoms with van der Waals surface area (Å²) in [6.07, 6.45) is 4.29. The Morgan fingerprint density at radius 2 is 2.00 bits per heavy atom. The molecule has 21 heavy (non-hydrogen) atoms. The zero-order chi connectivity index (χ0) is 15.5. The van der Waals surface area contributed by atoms with Gasteiger partial charge in [0.1, 0.15) is 6.61 Å². The van der Waals surface area contributed by atoms with E-state index in [1.54, 1.807) is 6.07 Å². The fraction of sp³-hybridized carbons (Fsp3) is 0.611. The van der Waals surface area contributed by atoms with Crippen molar-refractivity contribution in [2.24, 2.45) is 5.92 Å². The van der Waals surface area contributed by atoms with Crippen LogP contribution in [0.4, 0.5) is 0 Å². The Balaban J connectivity index is 2.20. The normalized spacial score (nSPS) is 10.9. The zero-order valence-corrected chi connectivity index (χ0v) is 13.6. The summed E-state index contributed by atoms with van der Waals surface area (Å²) in [5, 5.41) is 0. The lowest BCUT2D eigenvalue weighted by Crippen LogP contribution is -2.11. The molecule has 1 aromatic carbocycles. The highest BCUT2D eigenvalue weighted by atomic mass is 16.6. The van der Waals surface area contributed by atoms with E-state index >= 15 is 0 Å².